The molecule has 0 spiro atoms. The minimum absolute atomic E-state index is 0.0445. The summed E-state index contributed by atoms with van der Waals surface area (Å²) in [6.07, 6.45) is 0.361. The molecule has 7 heteroatoms. The number of amides is 2. The first kappa shape index (κ1) is 14.6. The number of aromatic nitrogens is 2. The molecule has 2 N–H and O–H groups in total. The second-order valence-electron chi connectivity index (χ2n) is 4.84. The third kappa shape index (κ3) is 4.40. The minimum Gasteiger partial charge on any atom is -0.347 e. The molecule has 0 bridgehead atoms. The van der Waals surface area contributed by atoms with Crippen molar-refractivity contribution in [1.82, 2.24) is 15.5 Å². The average Bonchev–Trinajstić information content (AvgIpc) is 2.74. The van der Waals surface area contributed by atoms with E-state index in [9.17, 15) is 9.59 Å². The predicted molar refractivity (Wildman–Crippen MR) is 70.5 cm³/mol. The Bertz CT molecular complexity index is 436. The van der Waals surface area contributed by atoms with Crippen molar-refractivity contribution in [3.8, 4) is 0 Å². The molecule has 1 aromatic heterocycles. The monoisotopic (exact) mass is 270 g/mol. The number of nitrogens with zero attached hydrogens (tertiary/aromatic N) is 2. The lowest BCUT2D eigenvalue weighted by Crippen LogP contribution is -2.32. The molecule has 1 rings (SSSR count). The number of nitrogens with one attached hydrogen (secondary N) is 2. The summed E-state index contributed by atoms with van der Waals surface area (Å²) >= 11 is 1.34. The summed E-state index contributed by atoms with van der Waals surface area (Å²) in [6.45, 7) is 7.77. The fourth-order valence-electron chi connectivity index (χ4n) is 1.04. The molecule has 1 aromatic rings. The van der Waals surface area contributed by atoms with Gasteiger partial charge in [0.25, 0.3) is 0 Å². The van der Waals surface area contributed by atoms with Crippen LogP contribution in [0.15, 0.2) is 0 Å². The Morgan fingerprint density at radius 2 is 1.89 bits per heavy atom. The van der Waals surface area contributed by atoms with Gasteiger partial charge in [-0.25, -0.2) is 0 Å². The summed E-state index contributed by atoms with van der Waals surface area (Å²) in [5.74, 6) is -0.453. The number of hydrogen-bond donors (Lipinski definition) is 2. The van der Waals surface area contributed by atoms with E-state index in [1.807, 2.05) is 20.8 Å². The number of hydrogen-bond acceptors (Lipinski definition) is 5. The van der Waals surface area contributed by atoms with E-state index in [0.717, 1.165) is 5.01 Å². The van der Waals surface area contributed by atoms with Crippen LogP contribution in [0.2, 0.25) is 0 Å². The van der Waals surface area contributed by atoms with Gasteiger partial charge in [-0.05, 0) is 0 Å². The lowest BCUT2D eigenvalue weighted by atomic mass is 9.98. The maximum Gasteiger partial charge on any atom is 0.245 e. The van der Waals surface area contributed by atoms with Gasteiger partial charge in [0, 0.05) is 11.8 Å². The van der Waals surface area contributed by atoms with Crippen LogP contribution in [0.5, 0.6) is 0 Å². The van der Waals surface area contributed by atoms with E-state index in [1.165, 1.54) is 11.3 Å². The van der Waals surface area contributed by atoms with Crippen molar-refractivity contribution in [3.63, 3.8) is 0 Å². The number of anilines is 1. The van der Waals surface area contributed by atoms with Gasteiger partial charge in [0.1, 0.15) is 5.01 Å². The molecular weight excluding hydrogens is 252 g/mol. The Balaban J connectivity index is 2.50. The van der Waals surface area contributed by atoms with Crippen LogP contribution in [-0.4, -0.2) is 28.6 Å². The topological polar surface area (TPSA) is 84.0 Å². The van der Waals surface area contributed by atoms with Gasteiger partial charge in [-0.15, -0.1) is 10.2 Å². The summed E-state index contributed by atoms with van der Waals surface area (Å²) in [5, 5.41) is 14.3. The zero-order chi connectivity index (χ0) is 13.8. The lowest BCUT2D eigenvalue weighted by molar-refractivity contribution is -0.123. The van der Waals surface area contributed by atoms with Crippen LogP contribution >= 0.6 is 11.3 Å². The van der Waals surface area contributed by atoms with Crippen molar-refractivity contribution < 1.29 is 9.59 Å². The smallest absolute Gasteiger partial charge is 0.245 e. The molecule has 0 aliphatic carbocycles. The van der Waals surface area contributed by atoms with E-state index in [1.54, 1.807) is 6.92 Å². The van der Waals surface area contributed by atoms with Crippen LogP contribution in [0.25, 0.3) is 0 Å². The molecule has 1 heterocycles. The average molecular weight is 270 g/mol. The Morgan fingerprint density at radius 1 is 1.22 bits per heavy atom. The standard InChI is InChI=1S/C11H18N4O2S/c1-5-7(16)12-6-8(17)13-10-15-14-9(18-10)11(2,3)4/h5-6H2,1-4H3,(H,12,16)(H,13,15,17). The van der Waals surface area contributed by atoms with E-state index in [2.05, 4.69) is 20.8 Å². The highest BCUT2D eigenvalue weighted by molar-refractivity contribution is 7.15. The summed E-state index contributed by atoms with van der Waals surface area (Å²) in [7, 11) is 0. The van der Waals surface area contributed by atoms with Gasteiger partial charge in [-0.3, -0.25) is 14.9 Å². The summed E-state index contributed by atoms with van der Waals surface area (Å²) in [4.78, 5) is 22.5. The number of carbonyl (C=O) groups excluding carboxylic acids is 2. The molecule has 0 unspecified atom stereocenters. The van der Waals surface area contributed by atoms with Crippen LogP contribution in [0.1, 0.15) is 39.1 Å². The van der Waals surface area contributed by atoms with Crippen molar-refractivity contribution in [3.05, 3.63) is 5.01 Å². The predicted octanol–water partition coefficient (Wildman–Crippen LogP) is 1.30. The second-order valence-corrected chi connectivity index (χ2v) is 5.82. The van der Waals surface area contributed by atoms with Gasteiger partial charge in [-0.2, -0.15) is 0 Å². The van der Waals surface area contributed by atoms with Crippen molar-refractivity contribution in [2.45, 2.75) is 39.5 Å². The zero-order valence-corrected chi connectivity index (χ0v) is 11.8. The van der Waals surface area contributed by atoms with Crippen molar-refractivity contribution >= 4 is 28.3 Å². The first-order valence-electron chi connectivity index (χ1n) is 5.73. The second kappa shape index (κ2) is 5.90. The van der Waals surface area contributed by atoms with Gasteiger partial charge in [-0.1, -0.05) is 39.0 Å². The van der Waals surface area contributed by atoms with Crippen LogP contribution in [-0.2, 0) is 15.0 Å². The van der Waals surface area contributed by atoms with Crippen LogP contribution in [0, 0.1) is 0 Å². The third-order valence-electron chi connectivity index (χ3n) is 2.08. The fraction of sp³-hybridized carbons (Fsp3) is 0.636. The maximum atomic E-state index is 11.5. The summed E-state index contributed by atoms with van der Waals surface area (Å²) in [6, 6.07) is 0. The molecule has 6 nitrogen and oxygen atoms in total. The van der Waals surface area contributed by atoms with Crippen LogP contribution in [0.3, 0.4) is 0 Å². The zero-order valence-electron chi connectivity index (χ0n) is 11.0. The van der Waals surface area contributed by atoms with Crippen molar-refractivity contribution in [2.24, 2.45) is 0 Å². The van der Waals surface area contributed by atoms with Crippen molar-refractivity contribution in [1.29, 1.82) is 0 Å². The van der Waals surface area contributed by atoms with Crippen LogP contribution < -0.4 is 10.6 Å². The highest BCUT2D eigenvalue weighted by atomic mass is 32.1. The molecule has 0 fully saturated rings. The molecule has 18 heavy (non-hydrogen) atoms. The molecule has 0 aliphatic heterocycles. The molecule has 0 saturated heterocycles. The maximum absolute atomic E-state index is 11.5. The molecule has 2 amide bonds. The van der Waals surface area contributed by atoms with Gasteiger partial charge in [0.15, 0.2) is 0 Å². The Labute approximate surface area is 110 Å². The Hall–Kier alpha value is -1.50. The summed E-state index contributed by atoms with van der Waals surface area (Å²) in [5.41, 5.74) is -0.0862. The molecule has 100 valence electrons. The van der Waals surface area contributed by atoms with E-state index in [-0.39, 0.29) is 23.8 Å². The number of rotatable bonds is 4. The first-order chi connectivity index (χ1) is 8.32. The fourth-order valence-corrected chi connectivity index (χ4v) is 1.86. The minimum atomic E-state index is -0.298. The number of carbonyl (C=O) groups is 2. The van der Waals surface area contributed by atoms with Gasteiger partial charge in [0.05, 0.1) is 6.54 Å². The third-order valence-corrected chi connectivity index (χ3v) is 3.34. The first-order valence-corrected chi connectivity index (χ1v) is 6.55. The summed E-state index contributed by atoms with van der Waals surface area (Å²) < 4.78 is 0. The van der Waals surface area contributed by atoms with Gasteiger partial charge < -0.3 is 5.32 Å². The largest absolute Gasteiger partial charge is 0.347 e. The lowest BCUT2D eigenvalue weighted by Gasteiger charge is -2.12. The van der Waals surface area contributed by atoms with E-state index >= 15 is 0 Å². The highest BCUT2D eigenvalue weighted by Crippen LogP contribution is 2.27. The molecular formula is C11H18N4O2S. The molecule has 0 radical (unpaired) electrons. The molecule has 0 aliphatic rings. The normalized spacial score (nSPS) is 11.1. The SMILES string of the molecule is CCC(=O)NCC(=O)Nc1nnc(C(C)(C)C)s1. The van der Waals surface area contributed by atoms with Gasteiger partial charge >= 0.3 is 0 Å². The van der Waals surface area contributed by atoms with E-state index < -0.39 is 0 Å². The van der Waals surface area contributed by atoms with E-state index in [4.69, 9.17) is 0 Å². The Morgan fingerprint density at radius 3 is 2.39 bits per heavy atom. The van der Waals surface area contributed by atoms with Crippen molar-refractivity contribution in [2.75, 3.05) is 11.9 Å². The van der Waals surface area contributed by atoms with E-state index in [0.29, 0.717) is 11.6 Å². The Kier molecular flexibility index (Phi) is 4.77. The molecule has 0 atom stereocenters. The molecule has 0 aromatic carbocycles. The highest BCUT2D eigenvalue weighted by Gasteiger charge is 2.19. The quantitative estimate of drug-likeness (QED) is 0.863. The van der Waals surface area contributed by atoms with Crippen LogP contribution in [0.4, 0.5) is 5.13 Å². The van der Waals surface area contributed by atoms with Gasteiger partial charge in [0.2, 0.25) is 16.9 Å². The molecule has 0 saturated carbocycles.